The molecule has 0 saturated heterocycles. The molecule has 102 valence electrons. The number of benzene rings is 1. The van der Waals surface area contributed by atoms with Crippen LogP contribution in [0.3, 0.4) is 0 Å². The molecule has 1 aromatic carbocycles. The summed E-state index contributed by atoms with van der Waals surface area (Å²) in [6, 6.07) is 5.92. The highest BCUT2D eigenvalue weighted by Gasteiger charge is 2.14. The van der Waals surface area contributed by atoms with E-state index < -0.39 is 0 Å². The van der Waals surface area contributed by atoms with Gasteiger partial charge in [-0.2, -0.15) is 5.10 Å². The van der Waals surface area contributed by atoms with Gasteiger partial charge in [-0.15, -0.1) is 0 Å². The zero-order valence-corrected chi connectivity index (χ0v) is 12.3. The summed E-state index contributed by atoms with van der Waals surface area (Å²) in [4.78, 5) is 4.56. The predicted molar refractivity (Wildman–Crippen MR) is 78.0 cm³/mol. The summed E-state index contributed by atoms with van der Waals surface area (Å²) in [5, 5.41) is 5.27. The molecule has 0 aliphatic heterocycles. The Morgan fingerprint density at radius 1 is 1.37 bits per heavy atom. The minimum Gasteiger partial charge on any atom is -0.330 e. The quantitative estimate of drug-likeness (QED) is 0.936. The lowest BCUT2D eigenvalue weighted by Gasteiger charge is -2.09. The van der Waals surface area contributed by atoms with Gasteiger partial charge < -0.3 is 5.73 Å². The largest absolute Gasteiger partial charge is 0.330 e. The van der Waals surface area contributed by atoms with Crippen molar-refractivity contribution >= 4 is 11.6 Å². The SMILES string of the molecule is Cc1ccc(-n2nc(CCN)nc2C(C)C)cc1Cl. The predicted octanol–water partition coefficient (Wildman–Crippen LogP) is 2.85. The zero-order chi connectivity index (χ0) is 14.0. The van der Waals surface area contributed by atoms with Crippen LogP contribution in [0.5, 0.6) is 0 Å². The smallest absolute Gasteiger partial charge is 0.152 e. The molecule has 0 radical (unpaired) electrons. The first-order chi connectivity index (χ1) is 9.02. The number of hydrogen-bond donors (Lipinski definition) is 1. The van der Waals surface area contributed by atoms with Gasteiger partial charge in [0.25, 0.3) is 0 Å². The van der Waals surface area contributed by atoms with E-state index in [1.807, 2.05) is 29.8 Å². The molecule has 0 fully saturated rings. The third kappa shape index (κ3) is 2.96. The van der Waals surface area contributed by atoms with Gasteiger partial charge in [0.15, 0.2) is 5.82 Å². The molecular formula is C14H19ClN4. The third-order valence-electron chi connectivity index (χ3n) is 2.96. The average molecular weight is 279 g/mol. The van der Waals surface area contributed by atoms with Crippen LogP contribution in [-0.2, 0) is 6.42 Å². The van der Waals surface area contributed by atoms with Crippen molar-refractivity contribution in [2.75, 3.05) is 6.54 Å². The topological polar surface area (TPSA) is 56.7 Å². The maximum Gasteiger partial charge on any atom is 0.152 e. The second kappa shape index (κ2) is 5.72. The summed E-state index contributed by atoms with van der Waals surface area (Å²) in [5.41, 5.74) is 7.56. The maximum absolute atomic E-state index is 6.18. The Balaban J connectivity index is 2.49. The van der Waals surface area contributed by atoms with E-state index in [1.165, 1.54) is 0 Å². The van der Waals surface area contributed by atoms with Gasteiger partial charge in [-0.3, -0.25) is 0 Å². The van der Waals surface area contributed by atoms with Crippen LogP contribution < -0.4 is 5.73 Å². The van der Waals surface area contributed by atoms with E-state index in [2.05, 4.69) is 23.9 Å². The highest BCUT2D eigenvalue weighted by Crippen LogP contribution is 2.22. The highest BCUT2D eigenvalue weighted by molar-refractivity contribution is 6.31. The van der Waals surface area contributed by atoms with E-state index in [9.17, 15) is 0 Å². The molecule has 19 heavy (non-hydrogen) atoms. The molecule has 0 bridgehead atoms. The fourth-order valence-corrected chi connectivity index (χ4v) is 2.06. The van der Waals surface area contributed by atoms with E-state index in [-0.39, 0.29) is 0 Å². The fourth-order valence-electron chi connectivity index (χ4n) is 1.88. The zero-order valence-electron chi connectivity index (χ0n) is 11.5. The molecule has 0 atom stereocenters. The molecule has 5 heteroatoms. The van der Waals surface area contributed by atoms with Crippen LogP contribution in [-0.4, -0.2) is 21.3 Å². The first-order valence-corrected chi connectivity index (χ1v) is 6.83. The van der Waals surface area contributed by atoms with Crippen molar-refractivity contribution < 1.29 is 0 Å². The van der Waals surface area contributed by atoms with Crippen LogP contribution in [0.1, 0.15) is 37.0 Å². The summed E-state index contributed by atoms with van der Waals surface area (Å²) >= 11 is 6.18. The van der Waals surface area contributed by atoms with Gasteiger partial charge in [-0.25, -0.2) is 9.67 Å². The van der Waals surface area contributed by atoms with Crippen LogP contribution in [0.15, 0.2) is 18.2 Å². The Morgan fingerprint density at radius 3 is 2.68 bits per heavy atom. The highest BCUT2D eigenvalue weighted by atomic mass is 35.5. The minimum absolute atomic E-state index is 0.291. The first kappa shape index (κ1) is 14.0. The molecule has 2 rings (SSSR count). The van der Waals surface area contributed by atoms with Crippen molar-refractivity contribution in [3.63, 3.8) is 0 Å². The fraction of sp³-hybridized carbons (Fsp3) is 0.429. The van der Waals surface area contributed by atoms with Gasteiger partial charge in [0.1, 0.15) is 5.82 Å². The number of aromatic nitrogens is 3. The lowest BCUT2D eigenvalue weighted by molar-refractivity contribution is 0.712. The molecule has 0 aliphatic rings. The normalized spacial score (nSPS) is 11.3. The van der Waals surface area contributed by atoms with Gasteiger partial charge in [0.05, 0.1) is 5.69 Å². The van der Waals surface area contributed by atoms with Crippen molar-refractivity contribution in [2.45, 2.75) is 33.1 Å². The average Bonchev–Trinajstić information content (AvgIpc) is 2.77. The summed E-state index contributed by atoms with van der Waals surface area (Å²) in [7, 11) is 0. The molecule has 4 nitrogen and oxygen atoms in total. The molecule has 0 saturated carbocycles. The Kier molecular flexibility index (Phi) is 4.22. The van der Waals surface area contributed by atoms with Gasteiger partial charge in [0, 0.05) is 17.4 Å². The maximum atomic E-state index is 6.18. The Hall–Kier alpha value is -1.39. The van der Waals surface area contributed by atoms with E-state index >= 15 is 0 Å². The van der Waals surface area contributed by atoms with E-state index in [1.54, 1.807) is 0 Å². The van der Waals surface area contributed by atoms with Crippen molar-refractivity contribution in [1.29, 1.82) is 0 Å². The summed E-state index contributed by atoms with van der Waals surface area (Å²) in [6.45, 7) is 6.73. The Labute approximate surface area is 118 Å². The second-order valence-electron chi connectivity index (χ2n) is 4.92. The monoisotopic (exact) mass is 278 g/mol. The lowest BCUT2D eigenvalue weighted by Crippen LogP contribution is -2.05. The molecule has 2 N–H and O–H groups in total. The Morgan fingerprint density at radius 2 is 2.11 bits per heavy atom. The van der Waals surface area contributed by atoms with Crippen LogP contribution in [0, 0.1) is 6.92 Å². The molecule has 2 aromatic rings. The van der Waals surface area contributed by atoms with E-state index in [4.69, 9.17) is 17.3 Å². The molecule has 0 spiro atoms. The van der Waals surface area contributed by atoms with Gasteiger partial charge >= 0.3 is 0 Å². The van der Waals surface area contributed by atoms with E-state index in [0.29, 0.717) is 18.9 Å². The molecule has 1 aromatic heterocycles. The van der Waals surface area contributed by atoms with Crippen LogP contribution >= 0.6 is 11.6 Å². The molecule has 0 unspecified atom stereocenters. The molecule has 1 heterocycles. The van der Waals surface area contributed by atoms with Crippen molar-refractivity contribution in [3.8, 4) is 5.69 Å². The van der Waals surface area contributed by atoms with Gasteiger partial charge in [-0.1, -0.05) is 31.5 Å². The van der Waals surface area contributed by atoms with Crippen molar-refractivity contribution in [2.24, 2.45) is 5.73 Å². The van der Waals surface area contributed by atoms with Crippen molar-refractivity contribution in [3.05, 3.63) is 40.4 Å². The number of nitrogens with two attached hydrogens (primary N) is 1. The first-order valence-electron chi connectivity index (χ1n) is 6.45. The molecular weight excluding hydrogens is 260 g/mol. The molecule has 0 aliphatic carbocycles. The number of rotatable bonds is 4. The van der Waals surface area contributed by atoms with Gasteiger partial charge in [0.2, 0.25) is 0 Å². The van der Waals surface area contributed by atoms with Crippen molar-refractivity contribution in [1.82, 2.24) is 14.8 Å². The van der Waals surface area contributed by atoms with Crippen LogP contribution in [0.4, 0.5) is 0 Å². The van der Waals surface area contributed by atoms with Gasteiger partial charge in [-0.05, 0) is 31.2 Å². The Bertz CT molecular complexity index is 575. The van der Waals surface area contributed by atoms with E-state index in [0.717, 1.165) is 27.9 Å². The summed E-state index contributed by atoms with van der Waals surface area (Å²) in [5.74, 6) is 2.00. The summed E-state index contributed by atoms with van der Waals surface area (Å²) < 4.78 is 1.86. The van der Waals surface area contributed by atoms with Crippen LogP contribution in [0.2, 0.25) is 5.02 Å². The summed E-state index contributed by atoms with van der Waals surface area (Å²) in [6.07, 6.45) is 0.687. The lowest BCUT2D eigenvalue weighted by atomic mass is 10.2. The number of nitrogens with zero attached hydrogens (tertiary/aromatic N) is 3. The number of halogens is 1. The third-order valence-corrected chi connectivity index (χ3v) is 3.37. The number of aryl methyl sites for hydroxylation is 1. The minimum atomic E-state index is 0.291. The molecule has 0 amide bonds. The van der Waals surface area contributed by atoms with Crippen LogP contribution in [0.25, 0.3) is 5.69 Å². The standard InChI is InChI=1S/C14H19ClN4/c1-9(2)14-17-13(6-7-16)18-19(14)11-5-4-10(3)12(15)8-11/h4-5,8-9H,6-7,16H2,1-3H3. The second-order valence-corrected chi connectivity index (χ2v) is 5.33. The number of hydrogen-bond acceptors (Lipinski definition) is 3.